The number of methoxy groups -OCH3 is 1. The highest BCUT2D eigenvalue weighted by atomic mass is 16.5. The van der Waals surface area contributed by atoms with Gasteiger partial charge in [-0.1, -0.05) is 18.7 Å². The van der Waals surface area contributed by atoms with Crippen molar-refractivity contribution in [3.05, 3.63) is 54.2 Å². The Morgan fingerprint density at radius 2 is 2.25 bits per heavy atom. The molecule has 32 heavy (non-hydrogen) atoms. The second kappa shape index (κ2) is 9.93. The van der Waals surface area contributed by atoms with E-state index >= 15 is 0 Å². The first-order valence-corrected chi connectivity index (χ1v) is 10.8. The minimum atomic E-state index is -0.200. The average molecular weight is 437 g/mol. The molecule has 0 bridgehead atoms. The average Bonchev–Trinajstić information content (AvgIpc) is 3.00. The topological polar surface area (TPSA) is 109 Å². The van der Waals surface area contributed by atoms with Crippen molar-refractivity contribution in [3.8, 4) is 17.0 Å². The smallest absolute Gasteiger partial charge is 0.243 e. The summed E-state index contributed by atoms with van der Waals surface area (Å²) in [4.78, 5) is 15.3. The maximum atomic E-state index is 11.8. The lowest BCUT2D eigenvalue weighted by Gasteiger charge is -2.20. The summed E-state index contributed by atoms with van der Waals surface area (Å²) in [6.45, 7) is 5.18. The standard InChI is InChI=1S/C24H28N4O4/c1-3-22(30)25-16-12-15(8-11-32-14-16)23-17(9-10-31-2)19-13-20(27-28-24(19)26-23)18-6-4-5-7-21(18)29/h3-7,13,15-16,29H,1,8-12,14H2,2H3,(H,25,30)(H,26,28)/t15-,16-/m0/s1. The summed E-state index contributed by atoms with van der Waals surface area (Å²) < 4.78 is 11.1. The van der Waals surface area contributed by atoms with Crippen LogP contribution in [-0.2, 0) is 20.7 Å². The van der Waals surface area contributed by atoms with E-state index in [1.165, 1.54) is 6.08 Å². The lowest BCUT2D eigenvalue weighted by Crippen LogP contribution is -2.37. The molecule has 2 aromatic heterocycles. The predicted molar refractivity (Wildman–Crippen MR) is 121 cm³/mol. The normalized spacial score (nSPS) is 18.9. The third-order valence-electron chi connectivity index (χ3n) is 5.87. The van der Waals surface area contributed by atoms with Crippen LogP contribution in [0.3, 0.4) is 0 Å². The first-order valence-electron chi connectivity index (χ1n) is 10.8. The molecule has 3 aromatic rings. The molecule has 168 valence electrons. The van der Waals surface area contributed by atoms with E-state index in [1.54, 1.807) is 19.2 Å². The summed E-state index contributed by atoms with van der Waals surface area (Å²) in [6.07, 6.45) is 3.56. The molecule has 4 rings (SSSR count). The zero-order valence-corrected chi connectivity index (χ0v) is 18.1. The highest BCUT2D eigenvalue weighted by Gasteiger charge is 2.27. The molecule has 3 heterocycles. The molecule has 0 unspecified atom stereocenters. The number of hydrogen-bond acceptors (Lipinski definition) is 6. The molecular formula is C24H28N4O4. The van der Waals surface area contributed by atoms with Gasteiger partial charge >= 0.3 is 0 Å². The zero-order valence-electron chi connectivity index (χ0n) is 18.1. The number of aromatic amines is 1. The van der Waals surface area contributed by atoms with Crippen LogP contribution in [0.4, 0.5) is 0 Å². The number of benzene rings is 1. The highest BCUT2D eigenvalue weighted by molar-refractivity contribution is 5.87. The number of nitrogens with zero attached hydrogens (tertiary/aromatic N) is 2. The first kappa shape index (κ1) is 22.0. The number of aromatic nitrogens is 3. The maximum absolute atomic E-state index is 11.8. The van der Waals surface area contributed by atoms with Gasteiger partial charge in [0.15, 0.2) is 5.65 Å². The van der Waals surface area contributed by atoms with E-state index in [1.807, 2.05) is 18.2 Å². The number of rotatable bonds is 7. The molecule has 1 aliphatic heterocycles. The van der Waals surface area contributed by atoms with Crippen molar-refractivity contribution in [2.45, 2.75) is 31.2 Å². The Kier molecular flexibility index (Phi) is 6.82. The van der Waals surface area contributed by atoms with Gasteiger partial charge in [-0.3, -0.25) is 4.79 Å². The second-order valence-electron chi connectivity index (χ2n) is 7.97. The van der Waals surface area contributed by atoms with Gasteiger partial charge in [0.1, 0.15) is 5.75 Å². The summed E-state index contributed by atoms with van der Waals surface area (Å²) in [5.41, 5.74) is 4.14. The number of carbonyl (C=O) groups excluding carboxylic acids is 1. The lowest BCUT2D eigenvalue weighted by atomic mass is 9.90. The van der Waals surface area contributed by atoms with Gasteiger partial charge in [-0.05, 0) is 49.1 Å². The fraction of sp³-hybridized carbons (Fsp3) is 0.375. The fourth-order valence-electron chi connectivity index (χ4n) is 4.31. The minimum absolute atomic E-state index is 0.0994. The molecule has 0 aliphatic carbocycles. The van der Waals surface area contributed by atoms with E-state index in [4.69, 9.17) is 9.47 Å². The summed E-state index contributed by atoms with van der Waals surface area (Å²) in [5.74, 6) is 0.119. The van der Waals surface area contributed by atoms with Crippen molar-refractivity contribution in [3.63, 3.8) is 0 Å². The zero-order chi connectivity index (χ0) is 22.5. The van der Waals surface area contributed by atoms with E-state index in [0.29, 0.717) is 43.1 Å². The fourth-order valence-corrected chi connectivity index (χ4v) is 4.31. The summed E-state index contributed by atoms with van der Waals surface area (Å²) in [7, 11) is 1.68. The Labute approximate surface area is 186 Å². The molecule has 1 amide bonds. The van der Waals surface area contributed by atoms with E-state index in [2.05, 4.69) is 27.1 Å². The molecule has 0 radical (unpaired) electrons. The van der Waals surface area contributed by atoms with Crippen LogP contribution in [-0.4, -0.2) is 59.2 Å². The summed E-state index contributed by atoms with van der Waals surface area (Å²) in [6, 6.07) is 8.96. The van der Waals surface area contributed by atoms with Crippen LogP contribution in [0.2, 0.25) is 0 Å². The van der Waals surface area contributed by atoms with Crippen LogP contribution >= 0.6 is 0 Å². The third-order valence-corrected chi connectivity index (χ3v) is 5.87. The predicted octanol–water partition coefficient (Wildman–Crippen LogP) is 3.08. The monoisotopic (exact) mass is 436 g/mol. The summed E-state index contributed by atoms with van der Waals surface area (Å²) >= 11 is 0. The highest BCUT2D eigenvalue weighted by Crippen LogP contribution is 2.35. The number of carbonyl (C=O) groups is 1. The van der Waals surface area contributed by atoms with Crippen molar-refractivity contribution >= 4 is 16.9 Å². The Hall–Kier alpha value is -3.23. The molecule has 8 heteroatoms. The molecule has 3 N–H and O–H groups in total. The lowest BCUT2D eigenvalue weighted by molar-refractivity contribution is -0.117. The number of phenols is 1. The van der Waals surface area contributed by atoms with Gasteiger partial charge in [-0.2, -0.15) is 0 Å². The molecule has 1 aliphatic rings. The molecule has 1 saturated heterocycles. The number of fused-ring (bicyclic) bond motifs is 1. The van der Waals surface area contributed by atoms with Crippen LogP contribution in [0.5, 0.6) is 5.75 Å². The van der Waals surface area contributed by atoms with E-state index in [9.17, 15) is 9.90 Å². The Morgan fingerprint density at radius 1 is 1.41 bits per heavy atom. The molecule has 8 nitrogen and oxygen atoms in total. The molecule has 1 aromatic carbocycles. The van der Waals surface area contributed by atoms with Crippen LogP contribution in [0, 0.1) is 0 Å². The van der Waals surface area contributed by atoms with Gasteiger partial charge in [0.05, 0.1) is 24.9 Å². The van der Waals surface area contributed by atoms with Gasteiger partial charge in [-0.25, -0.2) is 0 Å². The maximum Gasteiger partial charge on any atom is 0.243 e. The molecule has 0 saturated carbocycles. The largest absolute Gasteiger partial charge is 0.507 e. The van der Waals surface area contributed by atoms with Crippen molar-refractivity contribution in [1.29, 1.82) is 0 Å². The van der Waals surface area contributed by atoms with E-state index in [0.717, 1.165) is 29.5 Å². The number of H-pyrrole nitrogens is 1. The van der Waals surface area contributed by atoms with Crippen LogP contribution in [0.15, 0.2) is 43.0 Å². The molecule has 0 spiro atoms. The second-order valence-corrected chi connectivity index (χ2v) is 7.97. The Balaban J connectivity index is 1.73. The molecule has 2 atom stereocenters. The quantitative estimate of drug-likeness (QED) is 0.491. The Bertz CT molecular complexity index is 1110. The van der Waals surface area contributed by atoms with Crippen LogP contribution in [0.1, 0.15) is 30.0 Å². The van der Waals surface area contributed by atoms with Crippen molar-refractivity contribution in [2.75, 3.05) is 26.9 Å². The number of hydrogen-bond donors (Lipinski definition) is 3. The number of amides is 1. The van der Waals surface area contributed by atoms with Crippen LogP contribution < -0.4 is 5.32 Å². The number of aromatic hydroxyl groups is 1. The first-order chi connectivity index (χ1) is 15.6. The molecular weight excluding hydrogens is 408 g/mol. The number of ether oxygens (including phenoxy) is 2. The SMILES string of the molecule is C=CC(=O)N[C@@H]1COCC[C@H](c2[nH]c3nnc(-c4ccccc4O)cc3c2CCOC)C1. The van der Waals surface area contributed by atoms with Crippen molar-refractivity contribution in [2.24, 2.45) is 0 Å². The van der Waals surface area contributed by atoms with Gasteiger partial charge in [-0.15, -0.1) is 10.2 Å². The van der Waals surface area contributed by atoms with Gasteiger partial charge in [0, 0.05) is 36.3 Å². The van der Waals surface area contributed by atoms with Crippen molar-refractivity contribution < 1.29 is 19.4 Å². The van der Waals surface area contributed by atoms with E-state index < -0.39 is 0 Å². The van der Waals surface area contributed by atoms with E-state index in [-0.39, 0.29) is 23.6 Å². The number of nitrogens with one attached hydrogen (secondary N) is 2. The van der Waals surface area contributed by atoms with Crippen LogP contribution in [0.25, 0.3) is 22.3 Å². The minimum Gasteiger partial charge on any atom is -0.507 e. The van der Waals surface area contributed by atoms with Gasteiger partial charge in [0.2, 0.25) is 5.91 Å². The third kappa shape index (κ3) is 4.66. The van der Waals surface area contributed by atoms with Crippen molar-refractivity contribution in [1.82, 2.24) is 20.5 Å². The van der Waals surface area contributed by atoms with Gasteiger partial charge in [0.25, 0.3) is 0 Å². The molecule has 1 fully saturated rings. The summed E-state index contributed by atoms with van der Waals surface area (Å²) in [5, 5.41) is 22.9. The van der Waals surface area contributed by atoms with Gasteiger partial charge < -0.3 is 24.9 Å². The number of phenolic OH excluding ortho intramolecular Hbond substituents is 1. The number of para-hydroxylation sites is 1. The Morgan fingerprint density at radius 3 is 3.03 bits per heavy atom.